The van der Waals surface area contributed by atoms with Gasteiger partial charge in [0.05, 0.1) is 0 Å². The minimum Gasteiger partial charge on any atom is -0.196 e. The molecule has 0 nitrogen and oxygen atoms in total. The van der Waals surface area contributed by atoms with E-state index in [0.717, 1.165) is 0 Å². The Balaban J connectivity index is 0.000000195. The Morgan fingerprint density at radius 1 is 0.611 bits per heavy atom. The molecule has 0 saturated carbocycles. The Hall–Kier alpha value is -2.54. The van der Waals surface area contributed by atoms with E-state index in [1.54, 1.807) is 23.3 Å². The molecule has 0 saturated heterocycles. The molecule has 36 heavy (non-hydrogen) atoms. The van der Waals surface area contributed by atoms with Crippen LogP contribution in [0.15, 0.2) is 97.1 Å². The molecular weight excluding hydrogens is 528 g/mol. The van der Waals surface area contributed by atoms with Gasteiger partial charge in [-0.25, -0.2) is 0 Å². The summed E-state index contributed by atoms with van der Waals surface area (Å²) in [7, 11) is 0. The largest absolute Gasteiger partial charge is 0.196 e. The standard InChI is InChI=1S/C23H15.C9H13.C2H6Si.Zr/c1-2-8-18-15-23-19(14-17(18)7-1)9-5-11-21(23)22-13-12-16-6-3-4-10-20(16)22;1-6-5-7(2)9(4)8(6)3;1-3-2;/h1-15H;5H,1-4H3;1-2H3;/q2*-1;;+2. The molecule has 0 unspecified atom stereocenters. The molecule has 0 radical (unpaired) electrons. The van der Waals surface area contributed by atoms with E-state index in [1.165, 1.54) is 65.7 Å². The molecule has 6 aromatic carbocycles. The predicted octanol–water partition coefficient (Wildman–Crippen LogP) is 9.96. The van der Waals surface area contributed by atoms with Crippen LogP contribution in [0.3, 0.4) is 0 Å². The Kier molecular flexibility index (Phi) is 8.60. The van der Waals surface area contributed by atoms with Crippen molar-refractivity contribution in [1.29, 1.82) is 0 Å². The smallest absolute Gasteiger partial charge is 0.0178 e. The maximum atomic E-state index is 2.32. The molecule has 178 valence electrons. The molecule has 6 rings (SSSR count). The average Bonchev–Trinajstić information content (AvgIpc) is 3.39. The third-order valence-electron chi connectivity index (χ3n) is 6.90. The predicted molar refractivity (Wildman–Crippen MR) is 158 cm³/mol. The average molecular weight is 562 g/mol. The van der Waals surface area contributed by atoms with Crippen LogP contribution in [0.25, 0.3) is 43.4 Å². The van der Waals surface area contributed by atoms with Gasteiger partial charge in [0.2, 0.25) is 0 Å². The molecule has 0 amide bonds. The Labute approximate surface area is 231 Å². The summed E-state index contributed by atoms with van der Waals surface area (Å²) < 4.78 is 0. The second-order valence-corrected chi connectivity index (χ2v) is 19.2. The van der Waals surface area contributed by atoms with E-state index in [1.807, 2.05) is 0 Å². The van der Waals surface area contributed by atoms with Crippen LogP contribution in [0, 0.1) is 27.7 Å². The number of rotatable bonds is 1. The van der Waals surface area contributed by atoms with E-state index in [2.05, 4.69) is 138 Å². The first-order valence-electron chi connectivity index (χ1n) is 12.5. The van der Waals surface area contributed by atoms with Gasteiger partial charge in [-0.2, -0.15) is 28.3 Å². The number of hydrogen-bond acceptors (Lipinski definition) is 0. The van der Waals surface area contributed by atoms with E-state index in [0.29, 0.717) is 0 Å². The molecule has 0 atom stereocenters. The van der Waals surface area contributed by atoms with Crippen molar-refractivity contribution in [2.45, 2.75) is 40.8 Å². The van der Waals surface area contributed by atoms with Gasteiger partial charge < -0.3 is 0 Å². The summed E-state index contributed by atoms with van der Waals surface area (Å²) in [6, 6.07) is 35.1. The van der Waals surface area contributed by atoms with Crippen LogP contribution < -0.4 is 0 Å². The maximum Gasteiger partial charge on any atom is -0.0178 e. The molecule has 0 aromatic heterocycles. The molecule has 0 fully saturated rings. The second-order valence-electron chi connectivity index (χ2n) is 9.82. The topological polar surface area (TPSA) is 0 Å². The van der Waals surface area contributed by atoms with Crippen molar-refractivity contribution in [2.24, 2.45) is 0 Å². The van der Waals surface area contributed by atoms with Crippen LogP contribution >= 0.6 is 0 Å². The van der Waals surface area contributed by atoms with Crippen LogP contribution in [0.4, 0.5) is 0 Å². The van der Waals surface area contributed by atoms with Gasteiger partial charge in [0, 0.05) is 0 Å². The van der Waals surface area contributed by atoms with Gasteiger partial charge in [0.1, 0.15) is 0 Å². The Morgan fingerprint density at radius 2 is 1.17 bits per heavy atom. The molecular formula is C34H34SiZr. The minimum atomic E-state index is 0.210. The van der Waals surface area contributed by atoms with Crippen molar-refractivity contribution in [3.8, 4) is 11.1 Å². The fraction of sp³-hybridized carbons (Fsp3) is 0.176. The SMILES string of the molecule is C[Si](C)=[Zr+2].Cc1[cH-]c(C)c(C)c1C.c1ccc2cc3c(-c4c[cH-]c5ccccc45)cccc3cc2c1. The number of fused-ring (bicyclic) bond motifs is 3. The first-order chi connectivity index (χ1) is 17.3. The third kappa shape index (κ3) is 5.88. The van der Waals surface area contributed by atoms with Crippen molar-refractivity contribution in [1.82, 2.24) is 0 Å². The summed E-state index contributed by atoms with van der Waals surface area (Å²) in [5.41, 5.74) is 8.59. The molecule has 0 bridgehead atoms. The summed E-state index contributed by atoms with van der Waals surface area (Å²) in [6.07, 6.45) is 0. The molecule has 0 aliphatic carbocycles. The normalized spacial score (nSPS) is 10.7. The van der Waals surface area contributed by atoms with Gasteiger partial charge in [0.15, 0.2) is 0 Å². The fourth-order valence-corrected chi connectivity index (χ4v) is 4.72. The molecule has 6 aromatic rings. The van der Waals surface area contributed by atoms with E-state index >= 15 is 0 Å². The summed E-state index contributed by atoms with van der Waals surface area (Å²) in [5.74, 6) is 0. The Bertz CT molecular complexity index is 1640. The van der Waals surface area contributed by atoms with Gasteiger partial charge in [-0.1, -0.05) is 81.8 Å². The van der Waals surface area contributed by atoms with Crippen LogP contribution in [-0.2, 0) is 23.3 Å². The molecule has 0 aliphatic heterocycles. The quantitative estimate of drug-likeness (QED) is 0.106. The summed E-state index contributed by atoms with van der Waals surface area (Å²) in [5, 5.41) is 7.84. The van der Waals surface area contributed by atoms with E-state index < -0.39 is 0 Å². The van der Waals surface area contributed by atoms with Crippen LogP contribution in [0.2, 0.25) is 13.1 Å². The fourth-order valence-electron chi connectivity index (χ4n) is 4.72. The molecule has 0 spiro atoms. The zero-order valence-corrected chi connectivity index (χ0v) is 25.7. The van der Waals surface area contributed by atoms with Crippen LogP contribution in [0.1, 0.15) is 22.3 Å². The molecule has 2 heteroatoms. The van der Waals surface area contributed by atoms with Crippen molar-refractivity contribution in [3.05, 3.63) is 119 Å². The number of benzene rings is 4. The van der Waals surface area contributed by atoms with Gasteiger partial charge in [0.25, 0.3) is 0 Å². The maximum absolute atomic E-state index is 2.32. The van der Waals surface area contributed by atoms with E-state index in [4.69, 9.17) is 0 Å². The van der Waals surface area contributed by atoms with Crippen molar-refractivity contribution >= 4 is 37.8 Å². The van der Waals surface area contributed by atoms with Gasteiger partial charge in [-0.3, -0.25) is 0 Å². The van der Waals surface area contributed by atoms with E-state index in [-0.39, 0.29) is 5.43 Å². The zero-order valence-electron chi connectivity index (χ0n) is 22.2. The van der Waals surface area contributed by atoms with Gasteiger partial charge in [-0.05, 0) is 33.7 Å². The first-order valence-corrected chi connectivity index (χ1v) is 18.7. The summed E-state index contributed by atoms with van der Waals surface area (Å²) >= 11 is 1.74. The first kappa shape index (κ1) is 26.5. The van der Waals surface area contributed by atoms with Crippen molar-refractivity contribution in [2.75, 3.05) is 0 Å². The summed E-state index contributed by atoms with van der Waals surface area (Å²) in [4.78, 5) is 0. The van der Waals surface area contributed by atoms with Gasteiger partial charge in [-0.15, -0.1) is 46.7 Å². The molecule has 0 aliphatic rings. The monoisotopic (exact) mass is 560 g/mol. The Morgan fingerprint density at radius 3 is 1.78 bits per heavy atom. The molecule has 0 heterocycles. The minimum absolute atomic E-state index is 0.210. The number of aryl methyl sites for hydroxylation is 2. The third-order valence-corrected chi connectivity index (χ3v) is 6.90. The van der Waals surface area contributed by atoms with Crippen LogP contribution in [0.5, 0.6) is 0 Å². The van der Waals surface area contributed by atoms with Crippen molar-refractivity contribution in [3.63, 3.8) is 0 Å². The molecule has 0 N–H and O–H groups in total. The van der Waals surface area contributed by atoms with Crippen LogP contribution in [-0.4, -0.2) is 5.43 Å². The number of hydrogen-bond donors (Lipinski definition) is 0. The van der Waals surface area contributed by atoms with Crippen molar-refractivity contribution < 1.29 is 23.3 Å². The zero-order chi connectivity index (χ0) is 25.8. The second kappa shape index (κ2) is 11.7. The van der Waals surface area contributed by atoms with Gasteiger partial charge >= 0.3 is 41.9 Å². The summed E-state index contributed by atoms with van der Waals surface area (Å²) in [6.45, 7) is 13.3. The van der Waals surface area contributed by atoms with E-state index in [9.17, 15) is 0 Å².